The highest BCUT2D eigenvalue weighted by Crippen LogP contribution is 2.20. The Labute approximate surface area is 138 Å². The summed E-state index contributed by atoms with van der Waals surface area (Å²) >= 11 is 0. The molecule has 1 atom stereocenters. The Hall–Kier alpha value is -2.04. The van der Waals surface area contributed by atoms with Crippen LogP contribution in [0.1, 0.15) is 39.2 Å². The van der Waals surface area contributed by atoms with E-state index in [0.29, 0.717) is 25.4 Å². The topological polar surface area (TPSA) is 51.1 Å². The molecule has 0 unspecified atom stereocenters. The molecule has 1 heterocycles. The zero-order valence-electron chi connectivity index (χ0n) is 14.4. The number of hydrogen-bond acceptors (Lipinski definition) is 4. The molecule has 1 aliphatic heterocycles. The number of carbonyl (C=O) groups excluding carboxylic acids is 1. The second kappa shape index (κ2) is 7.99. The molecule has 5 heteroatoms. The first-order chi connectivity index (χ1) is 11.0. The molecule has 126 valence electrons. The molecule has 0 aliphatic carbocycles. The van der Waals surface area contributed by atoms with Crippen molar-refractivity contribution in [2.45, 2.75) is 39.7 Å². The van der Waals surface area contributed by atoms with Gasteiger partial charge in [0, 0.05) is 19.4 Å². The second-order valence-electron chi connectivity index (χ2n) is 6.23. The van der Waals surface area contributed by atoms with Crippen LogP contribution in [0.25, 0.3) is 0 Å². The van der Waals surface area contributed by atoms with Gasteiger partial charge in [-0.15, -0.1) is 0 Å². The number of likely N-dealkylation sites (N-methyl/N-ethyl adjacent to an activating group) is 1. The monoisotopic (exact) mass is 318 g/mol. The van der Waals surface area contributed by atoms with E-state index in [-0.39, 0.29) is 12.0 Å². The van der Waals surface area contributed by atoms with Crippen LogP contribution in [-0.4, -0.2) is 42.8 Å². The third kappa shape index (κ3) is 4.71. The molecule has 1 aliphatic rings. The van der Waals surface area contributed by atoms with Crippen molar-refractivity contribution in [1.82, 2.24) is 4.90 Å². The van der Waals surface area contributed by atoms with Gasteiger partial charge in [-0.2, -0.15) is 0 Å². The van der Waals surface area contributed by atoms with Crippen LogP contribution in [0.3, 0.4) is 0 Å². The van der Waals surface area contributed by atoms with Gasteiger partial charge in [0.25, 0.3) is 0 Å². The molecule has 1 aromatic carbocycles. The van der Waals surface area contributed by atoms with Gasteiger partial charge in [-0.1, -0.05) is 19.0 Å². The van der Waals surface area contributed by atoms with E-state index < -0.39 is 0 Å². The van der Waals surface area contributed by atoms with Crippen LogP contribution in [0.4, 0.5) is 0 Å². The second-order valence-corrected chi connectivity index (χ2v) is 6.23. The van der Waals surface area contributed by atoms with Crippen LogP contribution in [0.2, 0.25) is 0 Å². The van der Waals surface area contributed by atoms with Crippen LogP contribution >= 0.6 is 0 Å². The molecule has 0 spiro atoms. The predicted octanol–water partition coefficient (Wildman–Crippen LogP) is 3.08. The number of amides is 1. The molecule has 0 saturated heterocycles. The Morgan fingerprint density at radius 2 is 2.09 bits per heavy atom. The van der Waals surface area contributed by atoms with E-state index in [1.54, 1.807) is 7.11 Å². The van der Waals surface area contributed by atoms with Crippen molar-refractivity contribution < 1.29 is 14.4 Å². The number of ether oxygens (including phenoxy) is 1. The number of benzene rings is 1. The molecule has 1 amide bonds. The van der Waals surface area contributed by atoms with Crippen LogP contribution in [0, 0.1) is 5.92 Å². The molecule has 0 aromatic heterocycles. The summed E-state index contributed by atoms with van der Waals surface area (Å²) in [6, 6.07) is 7.78. The Morgan fingerprint density at radius 1 is 1.39 bits per heavy atom. The number of hydrogen-bond donors (Lipinski definition) is 0. The molecule has 0 fully saturated rings. The highest BCUT2D eigenvalue weighted by molar-refractivity contribution is 6.01. The van der Waals surface area contributed by atoms with E-state index >= 15 is 0 Å². The van der Waals surface area contributed by atoms with Crippen molar-refractivity contribution in [3.8, 4) is 5.75 Å². The normalized spacial score (nSPS) is 16.9. The van der Waals surface area contributed by atoms with E-state index in [1.807, 2.05) is 36.1 Å². The molecule has 0 saturated carbocycles. The van der Waals surface area contributed by atoms with Gasteiger partial charge in [0.05, 0.1) is 19.4 Å². The van der Waals surface area contributed by atoms with Gasteiger partial charge in [-0.05, 0) is 42.7 Å². The first-order valence-electron chi connectivity index (χ1n) is 8.18. The van der Waals surface area contributed by atoms with Gasteiger partial charge in [0.2, 0.25) is 5.91 Å². The zero-order valence-corrected chi connectivity index (χ0v) is 14.4. The lowest BCUT2D eigenvalue weighted by molar-refractivity contribution is -0.133. The number of rotatable bonds is 7. The number of methoxy groups -OCH3 is 1. The maximum Gasteiger partial charge on any atom is 0.222 e. The van der Waals surface area contributed by atoms with E-state index in [9.17, 15) is 4.79 Å². The summed E-state index contributed by atoms with van der Waals surface area (Å²) in [6.45, 7) is 7.40. The van der Waals surface area contributed by atoms with E-state index in [2.05, 4.69) is 19.0 Å². The summed E-state index contributed by atoms with van der Waals surface area (Å²) in [4.78, 5) is 19.6. The third-order valence-electron chi connectivity index (χ3n) is 3.90. The minimum Gasteiger partial charge on any atom is -0.497 e. The smallest absolute Gasteiger partial charge is 0.222 e. The van der Waals surface area contributed by atoms with Crippen LogP contribution in [0.5, 0.6) is 5.75 Å². The quantitative estimate of drug-likeness (QED) is 0.776. The Morgan fingerprint density at radius 3 is 2.65 bits per heavy atom. The fourth-order valence-corrected chi connectivity index (χ4v) is 2.61. The first-order valence-corrected chi connectivity index (χ1v) is 8.18. The summed E-state index contributed by atoms with van der Waals surface area (Å²) in [5.41, 5.74) is 1.95. The maximum absolute atomic E-state index is 12.2. The molecule has 0 bridgehead atoms. The Balaban J connectivity index is 1.91. The molecule has 23 heavy (non-hydrogen) atoms. The summed E-state index contributed by atoms with van der Waals surface area (Å²) < 4.78 is 5.16. The van der Waals surface area contributed by atoms with Crippen molar-refractivity contribution in [3.63, 3.8) is 0 Å². The molecule has 0 radical (unpaired) electrons. The fourth-order valence-electron chi connectivity index (χ4n) is 2.61. The lowest BCUT2D eigenvalue weighted by Crippen LogP contribution is -2.38. The summed E-state index contributed by atoms with van der Waals surface area (Å²) in [5, 5.41) is 4.19. The summed E-state index contributed by atoms with van der Waals surface area (Å²) in [5.74, 6) is 1.37. The standard InChI is InChI=1S/C18H26N2O3/c1-5-20(18(21)10-13(2)3)12-16-11-17(19-23-16)14-6-8-15(22-4)9-7-14/h6-9,13,16H,5,10-12H2,1-4H3/t16-/m1/s1. The lowest BCUT2D eigenvalue weighted by atomic mass is 10.0. The fraction of sp³-hybridized carbons (Fsp3) is 0.556. The predicted molar refractivity (Wildman–Crippen MR) is 90.7 cm³/mol. The zero-order chi connectivity index (χ0) is 16.8. The number of nitrogens with zero attached hydrogens (tertiary/aromatic N) is 2. The maximum atomic E-state index is 12.2. The molecule has 1 aromatic rings. The minimum atomic E-state index is -0.0665. The van der Waals surface area contributed by atoms with Gasteiger partial charge in [0.1, 0.15) is 5.75 Å². The van der Waals surface area contributed by atoms with Crippen LogP contribution < -0.4 is 4.74 Å². The van der Waals surface area contributed by atoms with Gasteiger partial charge in [-0.3, -0.25) is 4.79 Å². The van der Waals surface area contributed by atoms with Crippen molar-refractivity contribution in [2.75, 3.05) is 20.2 Å². The molecule has 5 nitrogen and oxygen atoms in total. The van der Waals surface area contributed by atoms with Gasteiger partial charge < -0.3 is 14.5 Å². The summed E-state index contributed by atoms with van der Waals surface area (Å²) in [7, 11) is 1.65. The van der Waals surface area contributed by atoms with Crippen molar-refractivity contribution >= 4 is 11.6 Å². The molecular weight excluding hydrogens is 292 g/mol. The summed E-state index contributed by atoms with van der Waals surface area (Å²) in [6.07, 6.45) is 1.23. The van der Waals surface area contributed by atoms with Gasteiger partial charge in [-0.25, -0.2) is 0 Å². The van der Waals surface area contributed by atoms with Crippen LogP contribution in [0.15, 0.2) is 29.4 Å². The average molecular weight is 318 g/mol. The first kappa shape index (κ1) is 17.3. The minimum absolute atomic E-state index is 0.0665. The highest BCUT2D eigenvalue weighted by atomic mass is 16.6. The van der Waals surface area contributed by atoms with Crippen LogP contribution in [-0.2, 0) is 9.63 Å². The van der Waals surface area contributed by atoms with Crippen molar-refractivity contribution in [2.24, 2.45) is 11.1 Å². The van der Waals surface area contributed by atoms with Gasteiger partial charge in [0.15, 0.2) is 6.10 Å². The van der Waals surface area contributed by atoms with Gasteiger partial charge >= 0.3 is 0 Å². The Kier molecular flexibility index (Phi) is 6.02. The Bertz CT molecular complexity index is 552. The van der Waals surface area contributed by atoms with Crippen molar-refractivity contribution in [1.29, 1.82) is 0 Å². The average Bonchev–Trinajstić information content (AvgIpc) is 3.00. The molecule has 0 N–H and O–H groups in total. The van der Waals surface area contributed by atoms with E-state index in [4.69, 9.17) is 9.57 Å². The lowest BCUT2D eigenvalue weighted by Gasteiger charge is -2.24. The largest absolute Gasteiger partial charge is 0.497 e. The third-order valence-corrected chi connectivity index (χ3v) is 3.90. The number of carbonyl (C=O) groups is 1. The number of oxime groups is 1. The van der Waals surface area contributed by atoms with E-state index in [1.165, 1.54) is 0 Å². The molecule has 2 rings (SSSR count). The molecular formula is C18H26N2O3. The van der Waals surface area contributed by atoms with E-state index in [0.717, 1.165) is 23.4 Å². The highest BCUT2D eigenvalue weighted by Gasteiger charge is 2.26. The SMILES string of the molecule is CCN(C[C@H]1CC(c2ccc(OC)cc2)=NO1)C(=O)CC(C)C. The van der Waals surface area contributed by atoms with Crippen molar-refractivity contribution in [3.05, 3.63) is 29.8 Å².